The van der Waals surface area contributed by atoms with Gasteiger partial charge in [0.1, 0.15) is 23.4 Å². The van der Waals surface area contributed by atoms with E-state index in [4.69, 9.17) is 4.98 Å². The van der Waals surface area contributed by atoms with Gasteiger partial charge in [-0.25, -0.2) is 18.6 Å². The number of benzene rings is 2. The van der Waals surface area contributed by atoms with Crippen molar-refractivity contribution in [2.45, 2.75) is 39.0 Å². The van der Waals surface area contributed by atoms with E-state index in [2.05, 4.69) is 20.4 Å². The fraction of sp³-hybridized carbons (Fsp3) is 0.267. The third-order valence-corrected chi connectivity index (χ3v) is 7.33. The molecule has 9 nitrogen and oxygen atoms in total. The van der Waals surface area contributed by atoms with Crippen LogP contribution in [0, 0.1) is 29.7 Å². The molecule has 2 aromatic carbocycles. The number of nitrogens with zero attached hydrogens (tertiary/aromatic N) is 2. The van der Waals surface area contributed by atoms with Gasteiger partial charge in [0.15, 0.2) is 6.20 Å². The van der Waals surface area contributed by atoms with Crippen LogP contribution in [0.4, 0.5) is 25.0 Å². The summed E-state index contributed by atoms with van der Waals surface area (Å²) >= 11 is 0. The van der Waals surface area contributed by atoms with Crippen molar-refractivity contribution in [3.63, 3.8) is 0 Å². The van der Waals surface area contributed by atoms with Crippen LogP contribution in [0.2, 0.25) is 0 Å². The topological polar surface area (TPSA) is 123 Å². The van der Waals surface area contributed by atoms with Crippen LogP contribution in [0.15, 0.2) is 54.7 Å². The quantitative estimate of drug-likeness (QED) is 0.208. The Morgan fingerprint density at radius 2 is 1.90 bits per heavy atom. The van der Waals surface area contributed by atoms with Gasteiger partial charge < -0.3 is 20.2 Å². The monoisotopic (exact) mass is 561 g/mol. The average molecular weight is 562 g/mol. The molecule has 2 bridgehead atoms. The van der Waals surface area contributed by atoms with E-state index < -0.39 is 23.6 Å². The Bertz CT molecular complexity index is 1620. The molecule has 0 radical (unpaired) electrons. The Kier molecular flexibility index (Phi) is 7.69. The minimum absolute atomic E-state index is 0.124. The normalized spacial score (nSPS) is 17.0. The van der Waals surface area contributed by atoms with Crippen LogP contribution in [-0.2, 0) is 9.53 Å². The van der Waals surface area contributed by atoms with Crippen molar-refractivity contribution in [3.8, 4) is 22.4 Å². The number of aryl methyl sites for hydroxylation is 1. The highest BCUT2D eigenvalue weighted by Crippen LogP contribution is 2.36. The average Bonchev–Trinajstić information content (AvgIpc) is 3.31. The number of amides is 2. The number of fused-ring (bicyclic) bond motifs is 4. The molecule has 4 aromatic rings. The van der Waals surface area contributed by atoms with Crippen molar-refractivity contribution in [1.29, 1.82) is 0 Å². The van der Waals surface area contributed by atoms with Gasteiger partial charge in [-0.15, -0.1) is 0 Å². The summed E-state index contributed by atoms with van der Waals surface area (Å²) in [5.41, 5.74) is 3.02. The van der Waals surface area contributed by atoms with Gasteiger partial charge in [0, 0.05) is 28.9 Å². The van der Waals surface area contributed by atoms with Crippen LogP contribution in [0.1, 0.15) is 49.3 Å². The summed E-state index contributed by atoms with van der Waals surface area (Å²) in [6.45, 7) is 3.67. The van der Waals surface area contributed by atoms with E-state index in [0.29, 0.717) is 63.8 Å². The first-order valence-corrected chi connectivity index (χ1v) is 13.2. The van der Waals surface area contributed by atoms with Crippen LogP contribution in [-0.4, -0.2) is 29.1 Å². The van der Waals surface area contributed by atoms with Crippen molar-refractivity contribution in [1.82, 2.24) is 9.97 Å². The van der Waals surface area contributed by atoms with Crippen molar-refractivity contribution >= 4 is 23.4 Å². The maximum Gasteiger partial charge on any atom is 0.411 e. The van der Waals surface area contributed by atoms with E-state index in [0.717, 1.165) is 12.1 Å². The summed E-state index contributed by atoms with van der Waals surface area (Å²) in [4.78, 5) is 33.0. The molecular weight excluding hydrogens is 532 g/mol. The van der Waals surface area contributed by atoms with Crippen LogP contribution < -0.4 is 15.4 Å². The summed E-state index contributed by atoms with van der Waals surface area (Å²) in [5.74, 6) is -1.97. The smallest absolute Gasteiger partial charge is 0.411 e. The lowest BCUT2D eigenvalue weighted by Crippen LogP contribution is -2.34. The van der Waals surface area contributed by atoms with Crippen LogP contribution >= 0.6 is 0 Å². The Balaban J connectivity index is 1.59. The summed E-state index contributed by atoms with van der Waals surface area (Å²) in [6.07, 6.45) is 2.18. The third kappa shape index (κ3) is 5.60. The highest BCUT2D eigenvalue weighted by molar-refractivity contribution is 5.98. The standard InChI is InChI=1S/C30H29F2N5O4/c1-16-6-4-7-21(25-13-10-18(15-37(25)40)26-22(31)8-5-9-23(26)32)28-33-17(2)27(36-28)20-12-11-19(34-30(39)41-3)14-24(20)35-29(16)38/h5,8-16,21H,4,6-7H2,1-3H3,(H,33,36)(H,34,39)(H,35,38)/t16-,21+/m1/s1. The van der Waals surface area contributed by atoms with E-state index in [-0.39, 0.29) is 23.0 Å². The lowest BCUT2D eigenvalue weighted by Gasteiger charge is -2.19. The largest absolute Gasteiger partial charge is 0.618 e. The number of ether oxygens (including phenoxy) is 1. The number of methoxy groups -OCH3 is 1. The van der Waals surface area contributed by atoms with Crippen LogP contribution in [0.25, 0.3) is 22.4 Å². The molecule has 2 amide bonds. The van der Waals surface area contributed by atoms with Crippen LogP contribution in [0.5, 0.6) is 0 Å². The number of hydrogen-bond acceptors (Lipinski definition) is 5. The molecule has 0 unspecified atom stereocenters. The van der Waals surface area contributed by atoms with Crippen molar-refractivity contribution in [2.24, 2.45) is 5.92 Å². The minimum atomic E-state index is -0.758. The van der Waals surface area contributed by atoms with Gasteiger partial charge >= 0.3 is 6.09 Å². The number of anilines is 2. The zero-order valence-electron chi connectivity index (χ0n) is 22.8. The van der Waals surface area contributed by atoms with Crippen molar-refractivity contribution < 1.29 is 27.8 Å². The minimum Gasteiger partial charge on any atom is -0.618 e. The van der Waals surface area contributed by atoms with Gasteiger partial charge in [0.2, 0.25) is 11.6 Å². The molecule has 0 spiro atoms. The van der Waals surface area contributed by atoms with Crippen LogP contribution in [0.3, 0.4) is 0 Å². The van der Waals surface area contributed by atoms with Crippen molar-refractivity contribution in [3.05, 3.63) is 88.8 Å². The van der Waals surface area contributed by atoms with E-state index in [1.54, 1.807) is 24.3 Å². The first-order chi connectivity index (χ1) is 19.7. The first kappa shape index (κ1) is 27.8. The second-order valence-electron chi connectivity index (χ2n) is 10.1. The molecule has 0 aliphatic carbocycles. The zero-order chi connectivity index (χ0) is 29.3. The summed E-state index contributed by atoms with van der Waals surface area (Å²) < 4.78 is 34.1. The molecule has 41 heavy (non-hydrogen) atoms. The number of imidazole rings is 1. The molecule has 3 N–H and O–H groups in total. The molecule has 1 aliphatic rings. The van der Waals surface area contributed by atoms with Gasteiger partial charge in [-0.05, 0) is 56.2 Å². The molecule has 3 heterocycles. The zero-order valence-corrected chi connectivity index (χ0v) is 22.8. The molecule has 0 saturated carbocycles. The second-order valence-corrected chi connectivity index (χ2v) is 10.1. The number of nitrogens with one attached hydrogen (secondary N) is 3. The van der Waals surface area contributed by atoms with E-state index >= 15 is 0 Å². The number of rotatable bonds is 3. The number of aromatic amines is 1. The Hall–Kier alpha value is -4.80. The summed E-state index contributed by atoms with van der Waals surface area (Å²) in [7, 11) is 1.26. The third-order valence-electron chi connectivity index (χ3n) is 7.33. The predicted octanol–water partition coefficient (Wildman–Crippen LogP) is 6.03. The fourth-order valence-corrected chi connectivity index (χ4v) is 5.14. The number of pyridine rings is 1. The second kappa shape index (κ2) is 11.4. The summed E-state index contributed by atoms with van der Waals surface area (Å²) in [6, 6.07) is 11.7. The van der Waals surface area contributed by atoms with E-state index in [1.165, 1.54) is 25.4 Å². The molecule has 1 aliphatic heterocycles. The van der Waals surface area contributed by atoms with E-state index in [1.807, 2.05) is 13.8 Å². The highest BCUT2D eigenvalue weighted by atomic mass is 19.1. The van der Waals surface area contributed by atoms with E-state index in [9.17, 15) is 23.6 Å². The molecular formula is C30H29F2N5O4. The van der Waals surface area contributed by atoms with Gasteiger partial charge in [-0.2, -0.15) is 4.73 Å². The SMILES string of the molecule is COC(=O)Nc1ccc2c(c1)NC(=O)[C@H](C)CCC[C@@H](c1ccc(-c3c(F)cccc3F)c[n+]1[O-])c1nc-2c(C)[nH]1. The Labute approximate surface area is 235 Å². The first-order valence-electron chi connectivity index (χ1n) is 13.2. The fourth-order valence-electron chi connectivity index (χ4n) is 5.14. The predicted molar refractivity (Wildman–Crippen MR) is 149 cm³/mol. The van der Waals surface area contributed by atoms with Gasteiger partial charge in [-0.3, -0.25) is 10.1 Å². The molecule has 5 rings (SSSR count). The Morgan fingerprint density at radius 3 is 2.61 bits per heavy atom. The highest BCUT2D eigenvalue weighted by Gasteiger charge is 2.29. The number of H-pyrrole nitrogens is 1. The molecule has 2 aromatic heterocycles. The van der Waals surface area contributed by atoms with Gasteiger partial charge in [0.05, 0.1) is 29.6 Å². The number of carbonyl (C=O) groups is 2. The maximum atomic E-state index is 14.4. The lowest BCUT2D eigenvalue weighted by atomic mass is 9.92. The van der Waals surface area contributed by atoms with Crippen molar-refractivity contribution in [2.75, 3.05) is 17.7 Å². The summed E-state index contributed by atoms with van der Waals surface area (Å²) in [5, 5.41) is 18.9. The molecule has 212 valence electrons. The maximum absolute atomic E-state index is 14.4. The molecule has 0 saturated heterocycles. The molecule has 11 heteroatoms. The molecule has 2 atom stereocenters. The number of carbonyl (C=O) groups excluding carboxylic acids is 2. The Morgan fingerprint density at radius 1 is 1.15 bits per heavy atom. The lowest BCUT2D eigenvalue weighted by molar-refractivity contribution is -0.614. The number of halogens is 2. The molecule has 0 fully saturated rings. The van der Waals surface area contributed by atoms with Gasteiger partial charge in [0.25, 0.3) is 0 Å². The number of hydrogen-bond donors (Lipinski definition) is 3. The van der Waals surface area contributed by atoms with Gasteiger partial charge in [-0.1, -0.05) is 19.4 Å². The number of aromatic nitrogens is 3.